The molecule has 2 rings (SSSR count). The van der Waals surface area contributed by atoms with Crippen molar-refractivity contribution in [3.8, 4) is 5.88 Å². The summed E-state index contributed by atoms with van der Waals surface area (Å²) in [4.78, 5) is 7.07. The minimum absolute atomic E-state index is 0.248. The second-order valence-corrected chi connectivity index (χ2v) is 3.24. The van der Waals surface area contributed by atoms with Crippen LogP contribution in [0.3, 0.4) is 0 Å². The van der Waals surface area contributed by atoms with Crippen LogP contribution in [0.15, 0.2) is 35.4 Å². The van der Waals surface area contributed by atoms with Crippen molar-refractivity contribution >= 4 is 10.9 Å². The van der Waals surface area contributed by atoms with E-state index in [2.05, 4.69) is 15.0 Å². The molecule has 80 valence electrons. The summed E-state index contributed by atoms with van der Waals surface area (Å²) < 4.78 is 5.16. The molecular formula is C11H10N4O. The number of rotatable bonds is 3. The number of para-hydroxylation sites is 1. The molecule has 5 heteroatoms. The molecule has 1 aromatic carbocycles. The molecule has 16 heavy (non-hydrogen) atoms. The Balaban J connectivity index is 2.57. The van der Waals surface area contributed by atoms with E-state index in [4.69, 9.17) is 10.3 Å². The highest BCUT2D eigenvalue weighted by molar-refractivity contribution is 5.80. The number of benzene rings is 1. The number of ether oxygens (including phenoxy) is 1. The SMILES string of the molecule is COc1nc2ccccc2cc1CN=[N+]=[N-]. The molecule has 1 aromatic heterocycles. The van der Waals surface area contributed by atoms with E-state index in [0.29, 0.717) is 5.88 Å². The van der Waals surface area contributed by atoms with Crippen LogP contribution >= 0.6 is 0 Å². The Labute approximate surface area is 92.3 Å². The molecule has 0 amide bonds. The lowest BCUT2D eigenvalue weighted by Gasteiger charge is -2.06. The van der Waals surface area contributed by atoms with Gasteiger partial charge in [-0.3, -0.25) is 0 Å². The molecule has 0 bridgehead atoms. The van der Waals surface area contributed by atoms with Crippen molar-refractivity contribution in [1.82, 2.24) is 4.98 Å². The van der Waals surface area contributed by atoms with Crippen LogP contribution in [0.4, 0.5) is 0 Å². The number of methoxy groups -OCH3 is 1. The molecule has 0 aliphatic heterocycles. The lowest BCUT2D eigenvalue weighted by molar-refractivity contribution is 0.394. The van der Waals surface area contributed by atoms with Crippen molar-refractivity contribution in [2.75, 3.05) is 7.11 Å². The molecule has 0 unspecified atom stereocenters. The monoisotopic (exact) mass is 214 g/mol. The van der Waals surface area contributed by atoms with E-state index in [1.165, 1.54) is 0 Å². The number of fused-ring (bicyclic) bond motifs is 1. The van der Waals surface area contributed by atoms with Crippen molar-refractivity contribution in [3.63, 3.8) is 0 Å². The van der Waals surface area contributed by atoms with Gasteiger partial charge in [-0.15, -0.1) is 0 Å². The Morgan fingerprint density at radius 2 is 2.25 bits per heavy atom. The van der Waals surface area contributed by atoms with Crippen LogP contribution < -0.4 is 4.74 Å². The van der Waals surface area contributed by atoms with Crippen molar-refractivity contribution in [1.29, 1.82) is 0 Å². The van der Waals surface area contributed by atoms with E-state index in [9.17, 15) is 0 Å². The summed E-state index contributed by atoms with van der Waals surface area (Å²) in [5.74, 6) is 0.506. The summed E-state index contributed by atoms with van der Waals surface area (Å²) >= 11 is 0. The third-order valence-electron chi connectivity index (χ3n) is 2.26. The Hall–Kier alpha value is -2.26. The van der Waals surface area contributed by atoms with Gasteiger partial charge in [0, 0.05) is 15.9 Å². The molecule has 0 aliphatic carbocycles. The second kappa shape index (κ2) is 4.51. The van der Waals surface area contributed by atoms with Gasteiger partial charge in [0.2, 0.25) is 5.88 Å². The minimum Gasteiger partial charge on any atom is -0.481 e. The quantitative estimate of drug-likeness (QED) is 0.447. The number of azide groups is 1. The maximum atomic E-state index is 8.30. The third kappa shape index (κ3) is 1.89. The van der Waals surface area contributed by atoms with Gasteiger partial charge in [-0.2, -0.15) is 0 Å². The molecule has 2 aromatic rings. The van der Waals surface area contributed by atoms with Gasteiger partial charge < -0.3 is 4.74 Å². The fraction of sp³-hybridized carbons (Fsp3) is 0.182. The predicted octanol–water partition coefficient (Wildman–Crippen LogP) is 3.05. The van der Waals surface area contributed by atoms with Gasteiger partial charge in [-0.1, -0.05) is 23.3 Å². The summed E-state index contributed by atoms with van der Waals surface area (Å²) in [5.41, 5.74) is 9.96. The first kappa shape index (κ1) is 10.3. The van der Waals surface area contributed by atoms with Crippen molar-refractivity contribution < 1.29 is 4.74 Å². The van der Waals surface area contributed by atoms with E-state index in [0.717, 1.165) is 16.5 Å². The minimum atomic E-state index is 0.248. The van der Waals surface area contributed by atoms with E-state index >= 15 is 0 Å². The molecule has 0 atom stereocenters. The zero-order valence-corrected chi connectivity index (χ0v) is 8.79. The summed E-state index contributed by atoms with van der Waals surface area (Å²) in [5, 5.41) is 4.52. The summed E-state index contributed by atoms with van der Waals surface area (Å²) in [7, 11) is 1.55. The van der Waals surface area contributed by atoms with Gasteiger partial charge in [0.25, 0.3) is 0 Å². The van der Waals surface area contributed by atoms with Gasteiger partial charge >= 0.3 is 0 Å². The van der Waals surface area contributed by atoms with E-state index in [1.54, 1.807) is 7.11 Å². The molecule has 0 aliphatic rings. The van der Waals surface area contributed by atoms with Crippen LogP contribution in [-0.4, -0.2) is 12.1 Å². The van der Waals surface area contributed by atoms with Crippen LogP contribution in [-0.2, 0) is 6.54 Å². The molecule has 0 saturated carbocycles. The highest BCUT2D eigenvalue weighted by Crippen LogP contribution is 2.22. The highest BCUT2D eigenvalue weighted by Gasteiger charge is 2.05. The van der Waals surface area contributed by atoms with E-state index in [1.807, 2.05) is 30.3 Å². The average Bonchev–Trinajstić information content (AvgIpc) is 2.35. The Morgan fingerprint density at radius 3 is 3.00 bits per heavy atom. The predicted molar refractivity (Wildman–Crippen MR) is 61.1 cm³/mol. The van der Waals surface area contributed by atoms with E-state index < -0.39 is 0 Å². The van der Waals surface area contributed by atoms with Crippen molar-refractivity contribution in [2.24, 2.45) is 5.11 Å². The number of hydrogen-bond donors (Lipinski definition) is 0. The Kier molecular flexibility index (Phi) is 2.89. The maximum absolute atomic E-state index is 8.30. The zero-order chi connectivity index (χ0) is 11.4. The first-order valence-electron chi connectivity index (χ1n) is 4.78. The lowest BCUT2D eigenvalue weighted by Crippen LogP contribution is -1.94. The Morgan fingerprint density at radius 1 is 1.44 bits per heavy atom. The Bertz CT molecular complexity index is 561. The standard InChI is InChI=1S/C11H10N4O/c1-16-11-9(7-13-15-12)6-8-4-2-3-5-10(8)14-11/h2-6H,7H2,1H3. The number of hydrogen-bond acceptors (Lipinski definition) is 3. The zero-order valence-electron chi connectivity index (χ0n) is 8.79. The van der Waals surface area contributed by atoms with Crippen LogP contribution in [0.25, 0.3) is 21.3 Å². The van der Waals surface area contributed by atoms with Crippen LogP contribution in [0.5, 0.6) is 5.88 Å². The molecule has 0 spiro atoms. The molecule has 5 nitrogen and oxygen atoms in total. The topological polar surface area (TPSA) is 70.9 Å². The largest absolute Gasteiger partial charge is 0.481 e. The summed E-state index contributed by atoms with van der Waals surface area (Å²) in [6.07, 6.45) is 0. The van der Waals surface area contributed by atoms with Gasteiger partial charge in [0.1, 0.15) is 0 Å². The first-order chi connectivity index (χ1) is 7.85. The van der Waals surface area contributed by atoms with Gasteiger partial charge in [0.15, 0.2) is 0 Å². The van der Waals surface area contributed by atoms with Crippen molar-refractivity contribution in [2.45, 2.75) is 6.54 Å². The number of aromatic nitrogens is 1. The van der Waals surface area contributed by atoms with Gasteiger partial charge in [0.05, 0.1) is 19.2 Å². The maximum Gasteiger partial charge on any atom is 0.216 e. The summed E-state index contributed by atoms with van der Waals surface area (Å²) in [6, 6.07) is 9.65. The smallest absolute Gasteiger partial charge is 0.216 e. The fourth-order valence-corrected chi connectivity index (χ4v) is 1.54. The van der Waals surface area contributed by atoms with Crippen LogP contribution in [0.1, 0.15) is 5.56 Å². The molecular weight excluding hydrogens is 204 g/mol. The average molecular weight is 214 g/mol. The van der Waals surface area contributed by atoms with Gasteiger partial charge in [-0.05, 0) is 17.7 Å². The fourth-order valence-electron chi connectivity index (χ4n) is 1.54. The van der Waals surface area contributed by atoms with E-state index in [-0.39, 0.29) is 6.54 Å². The number of pyridine rings is 1. The number of nitrogens with zero attached hydrogens (tertiary/aromatic N) is 4. The van der Waals surface area contributed by atoms with Crippen LogP contribution in [0, 0.1) is 0 Å². The molecule has 0 saturated heterocycles. The molecule has 0 N–H and O–H groups in total. The normalized spacial score (nSPS) is 9.81. The van der Waals surface area contributed by atoms with Gasteiger partial charge in [-0.25, -0.2) is 4.98 Å². The molecule has 0 radical (unpaired) electrons. The molecule has 1 heterocycles. The highest BCUT2D eigenvalue weighted by atomic mass is 16.5. The summed E-state index contributed by atoms with van der Waals surface area (Å²) in [6.45, 7) is 0.248. The third-order valence-corrected chi connectivity index (χ3v) is 2.26. The lowest BCUT2D eigenvalue weighted by atomic mass is 10.1. The first-order valence-corrected chi connectivity index (χ1v) is 4.78. The van der Waals surface area contributed by atoms with Crippen LogP contribution in [0.2, 0.25) is 0 Å². The second-order valence-electron chi connectivity index (χ2n) is 3.24. The molecule has 0 fully saturated rings. The van der Waals surface area contributed by atoms with Crippen molar-refractivity contribution in [3.05, 3.63) is 46.3 Å².